The molecule has 1 rings (SSSR count). The molecular formula is C31H59N3O2. The first kappa shape index (κ1) is 32.7. The van der Waals surface area contributed by atoms with Crippen LogP contribution in [-0.4, -0.2) is 35.6 Å². The van der Waals surface area contributed by atoms with E-state index >= 15 is 0 Å². The molecule has 1 saturated heterocycles. The number of rotatable bonds is 25. The number of urea groups is 1. The number of amides is 3. The molecule has 0 radical (unpaired) electrons. The van der Waals surface area contributed by atoms with E-state index in [9.17, 15) is 9.59 Å². The molecule has 36 heavy (non-hydrogen) atoms. The molecule has 1 fully saturated rings. The predicted molar refractivity (Wildman–Crippen MR) is 154 cm³/mol. The molecule has 1 heterocycles. The zero-order chi connectivity index (χ0) is 26.3. The average molecular weight is 506 g/mol. The number of imide groups is 1. The Bertz CT molecular complexity index is 578. The summed E-state index contributed by atoms with van der Waals surface area (Å²) in [6, 6.07) is -0.250. The Morgan fingerprint density at radius 1 is 0.750 bits per heavy atom. The van der Waals surface area contributed by atoms with Gasteiger partial charge < -0.3 is 5.32 Å². The second-order valence-corrected chi connectivity index (χ2v) is 11.0. The van der Waals surface area contributed by atoms with Gasteiger partial charge in [-0.2, -0.15) is 0 Å². The van der Waals surface area contributed by atoms with Crippen molar-refractivity contribution in [3.63, 3.8) is 0 Å². The lowest BCUT2D eigenvalue weighted by molar-refractivity contribution is -0.127. The molecule has 2 unspecified atom stereocenters. The fraction of sp³-hybridized carbons (Fsp3) is 0.871. The van der Waals surface area contributed by atoms with Crippen LogP contribution in [0.2, 0.25) is 0 Å². The van der Waals surface area contributed by atoms with Gasteiger partial charge in [0.1, 0.15) is 6.04 Å². The third-order valence-corrected chi connectivity index (χ3v) is 7.45. The van der Waals surface area contributed by atoms with Crippen molar-refractivity contribution >= 4 is 11.9 Å². The van der Waals surface area contributed by atoms with Crippen LogP contribution in [0.3, 0.4) is 0 Å². The van der Waals surface area contributed by atoms with Gasteiger partial charge in [-0.3, -0.25) is 10.1 Å². The number of nitrogens with one attached hydrogen (secondary N) is 2. The van der Waals surface area contributed by atoms with Gasteiger partial charge in [-0.1, -0.05) is 122 Å². The van der Waals surface area contributed by atoms with E-state index in [4.69, 9.17) is 0 Å². The fourth-order valence-corrected chi connectivity index (χ4v) is 4.92. The number of carbonyl (C=O) groups excluding carboxylic acids is 2. The number of nitrogens with zero attached hydrogens (tertiary/aromatic N) is 1. The predicted octanol–water partition coefficient (Wildman–Crippen LogP) is 8.63. The van der Waals surface area contributed by atoms with Gasteiger partial charge in [-0.25, -0.2) is 9.69 Å². The zero-order valence-electron chi connectivity index (χ0n) is 24.1. The van der Waals surface area contributed by atoms with Crippen molar-refractivity contribution in [2.24, 2.45) is 0 Å². The van der Waals surface area contributed by atoms with Gasteiger partial charge in [0.2, 0.25) is 0 Å². The van der Waals surface area contributed by atoms with Crippen molar-refractivity contribution in [3.05, 3.63) is 12.2 Å². The molecule has 0 aliphatic carbocycles. The van der Waals surface area contributed by atoms with Crippen LogP contribution in [-0.2, 0) is 4.79 Å². The van der Waals surface area contributed by atoms with E-state index in [1.54, 1.807) is 0 Å². The van der Waals surface area contributed by atoms with Gasteiger partial charge in [0.25, 0.3) is 5.91 Å². The first-order valence-corrected chi connectivity index (χ1v) is 15.6. The van der Waals surface area contributed by atoms with Crippen molar-refractivity contribution in [2.45, 2.75) is 168 Å². The third-order valence-electron chi connectivity index (χ3n) is 7.45. The summed E-state index contributed by atoms with van der Waals surface area (Å²) in [4.78, 5) is 26.3. The van der Waals surface area contributed by atoms with E-state index in [0.717, 1.165) is 25.7 Å². The minimum Gasteiger partial charge on any atom is -0.326 e. The summed E-state index contributed by atoms with van der Waals surface area (Å²) in [6.45, 7) is 6.97. The maximum atomic E-state index is 12.6. The molecule has 0 saturated carbocycles. The lowest BCUT2D eigenvalue weighted by Gasteiger charge is -2.18. The quantitative estimate of drug-likeness (QED) is 0.0741. The van der Waals surface area contributed by atoms with E-state index in [1.165, 1.54) is 114 Å². The summed E-state index contributed by atoms with van der Waals surface area (Å²) >= 11 is 0. The fourth-order valence-electron chi connectivity index (χ4n) is 4.92. The molecule has 2 atom stereocenters. The molecule has 3 amide bonds. The highest BCUT2D eigenvalue weighted by molar-refractivity contribution is 6.04. The van der Waals surface area contributed by atoms with Crippen molar-refractivity contribution < 1.29 is 9.59 Å². The molecule has 0 spiro atoms. The summed E-state index contributed by atoms with van der Waals surface area (Å²) in [7, 11) is 0. The Balaban J connectivity index is 1.99. The number of hydrogen-bond donors (Lipinski definition) is 2. The summed E-state index contributed by atoms with van der Waals surface area (Å²) in [5.41, 5.74) is 0. The number of carbonyl (C=O) groups is 2. The van der Waals surface area contributed by atoms with Crippen molar-refractivity contribution in [1.82, 2.24) is 15.5 Å². The summed E-state index contributed by atoms with van der Waals surface area (Å²) in [6.07, 6.45) is 30.8. The Hall–Kier alpha value is -1.36. The van der Waals surface area contributed by atoms with Crippen molar-refractivity contribution in [3.8, 4) is 0 Å². The van der Waals surface area contributed by atoms with E-state index in [1.807, 2.05) is 0 Å². The van der Waals surface area contributed by atoms with Crippen LogP contribution in [0.15, 0.2) is 12.2 Å². The van der Waals surface area contributed by atoms with E-state index < -0.39 is 0 Å². The van der Waals surface area contributed by atoms with Crippen molar-refractivity contribution in [2.75, 3.05) is 6.67 Å². The minimum atomic E-state index is -0.333. The molecule has 5 heteroatoms. The second kappa shape index (κ2) is 22.8. The molecule has 0 aromatic heterocycles. The van der Waals surface area contributed by atoms with Crippen LogP contribution in [0.4, 0.5) is 4.79 Å². The van der Waals surface area contributed by atoms with E-state index in [0.29, 0.717) is 12.7 Å². The van der Waals surface area contributed by atoms with Gasteiger partial charge in [0.05, 0.1) is 6.67 Å². The zero-order valence-corrected chi connectivity index (χ0v) is 24.1. The minimum absolute atomic E-state index is 0.0598. The molecule has 210 valence electrons. The van der Waals surface area contributed by atoms with Gasteiger partial charge in [-0.05, 0) is 45.4 Å². The van der Waals surface area contributed by atoms with Crippen molar-refractivity contribution in [1.29, 1.82) is 0 Å². The summed E-state index contributed by atoms with van der Waals surface area (Å²) < 4.78 is 0. The number of hydrogen-bond acceptors (Lipinski definition) is 3. The summed E-state index contributed by atoms with van der Waals surface area (Å²) in [5, 5.41) is 6.25. The van der Waals surface area contributed by atoms with Crippen LogP contribution in [0.1, 0.15) is 156 Å². The van der Waals surface area contributed by atoms with Crippen LogP contribution < -0.4 is 10.6 Å². The third kappa shape index (κ3) is 16.4. The average Bonchev–Trinajstić information content (AvgIpc) is 3.14. The monoisotopic (exact) mass is 505 g/mol. The Morgan fingerprint density at radius 2 is 1.25 bits per heavy atom. The smallest absolute Gasteiger partial charge is 0.325 e. The Morgan fingerprint density at radius 3 is 1.83 bits per heavy atom. The molecule has 1 aliphatic rings. The number of allylic oxidation sites excluding steroid dienone is 2. The molecule has 5 nitrogen and oxygen atoms in total. The maximum Gasteiger partial charge on any atom is 0.325 e. The van der Waals surface area contributed by atoms with E-state index in [-0.39, 0.29) is 18.0 Å². The Labute approximate surface area is 223 Å². The SMILES string of the molecule is CCCCCCCC/C=C\CCCCCCCCC1NC(=O)N(CNC(C)CCCCCCC)C1=O. The first-order chi connectivity index (χ1) is 17.6. The highest BCUT2D eigenvalue weighted by atomic mass is 16.2. The standard InChI is InChI=1S/C31H59N3O2/c1-4-6-8-10-11-12-13-14-15-16-17-18-19-20-22-24-26-29-30(35)34(31(36)33-29)27-32-28(3)25-23-21-9-7-5-2/h14-15,28-29,32H,4-13,16-27H2,1-3H3,(H,33,36)/b15-14-. The summed E-state index contributed by atoms with van der Waals surface area (Å²) in [5.74, 6) is -0.0598. The van der Waals surface area contributed by atoms with Gasteiger partial charge in [0.15, 0.2) is 0 Å². The molecule has 0 bridgehead atoms. The van der Waals surface area contributed by atoms with Crippen LogP contribution in [0.25, 0.3) is 0 Å². The van der Waals surface area contributed by atoms with E-state index in [2.05, 4.69) is 43.6 Å². The highest BCUT2D eigenvalue weighted by Gasteiger charge is 2.37. The molecule has 0 aromatic rings. The first-order valence-electron chi connectivity index (χ1n) is 15.6. The normalized spacial score (nSPS) is 16.9. The largest absolute Gasteiger partial charge is 0.326 e. The van der Waals surface area contributed by atoms with Crippen LogP contribution in [0.5, 0.6) is 0 Å². The van der Waals surface area contributed by atoms with Crippen LogP contribution in [0, 0.1) is 0 Å². The molecule has 2 N–H and O–H groups in total. The lowest BCUT2D eigenvalue weighted by Crippen LogP contribution is -2.42. The topological polar surface area (TPSA) is 61.4 Å². The lowest BCUT2D eigenvalue weighted by atomic mass is 10.0. The Kier molecular flexibility index (Phi) is 20.7. The second-order valence-electron chi connectivity index (χ2n) is 11.0. The maximum absolute atomic E-state index is 12.6. The molecule has 1 aliphatic heterocycles. The van der Waals surface area contributed by atoms with Gasteiger partial charge >= 0.3 is 6.03 Å². The highest BCUT2D eigenvalue weighted by Crippen LogP contribution is 2.15. The van der Waals surface area contributed by atoms with Gasteiger partial charge in [0, 0.05) is 6.04 Å². The van der Waals surface area contributed by atoms with Gasteiger partial charge in [-0.15, -0.1) is 0 Å². The molecular weight excluding hydrogens is 446 g/mol. The van der Waals surface area contributed by atoms with Crippen LogP contribution >= 0.6 is 0 Å². The number of unbranched alkanes of at least 4 members (excludes halogenated alkanes) is 16. The molecule has 0 aromatic carbocycles.